The zero-order chi connectivity index (χ0) is 29.1. The second-order valence-corrected chi connectivity index (χ2v) is 11.8. The Labute approximate surface area is 241 Å². The van der Waals surface area contributed by atoms with Crippen molar-refractivity contribution in [2.24, 2.45) is 11.0 Å². The third-order valence-corrected chi connectivity index (χ3v) is 9.48. The summed E-state index contributed by atoms with van der Waals surface area (Å²) >= 11 is 1.59. The van der Waals surface area contributed by atoms with Gasteiger partial charge < -0.3 is 0 Å². The number of carbonyl (C=O) groups is 1. The van der Waals surface area contributed by atoms with Crippen molar-refractivity contribution in [1.29, 1.82) is 0 Å². The van der Waals surface area contributed by atoms with Gasteiger partial charge in [0.25, 0.3) is 0 Å². The van der Waals surface area contributed by atoms with Crippen LogP contribution in [-0.2, 0) is 6.54 Å². The number of hydrogen-bond acceptors (Lipinski definition) is 3. The molecular weight excluding hydrogens is 543 g/mol. The van der Waals surface area contributed by atoms with Gasteiger partial charge in [-0.3, -0.25) is 4.79 Å². The summed E-state index contributed by atoms with van der Waals surface area (Å²) in [5.74, 6) is -3.44. The first-order valence-corrected chi connectivity index (χ1v) is 14.5. The molecule has 4 aromatic rings. The minimum atomic E-state index is -2.68. The van der Waals surface area contributed by atoms with E-state index in [1.54, 1.807) is 35.6 Å². The molecule has 4 nitrogen and oxygen atoms in total. The largest absolute Gasteiger partial charge is 0.294 e. The van der Waals surface area contributed by atoms with Gasteiger partial charge in [-0.1, -0.05) is 53.6 Å². The van der Waals surface area contributed by atoms with Crippen LogP contribution in [0.1, 0.15) is 58.5 Å². The number of Topliss-reactive ketones (excluding diaryl/α,β-unsaturated/α-hetero) is 1. The van der Waals surface area contributed by atoms with E-state index in [4.69, 9.17) is 5.53 Å². The molecule has 3 aromatic carbocycles. The van der Waals surface area contributed by atoms with Crippen molar-refractivity contribution >= 4 is 17.1 Å². The Hall–Kier alpha value is -3.87. The van der Waals surface area contributed by atoms with Crippen molar-refractivity contribution in [3.8, 4) is 32.7 Å². The molecular formula is C33H30F3N3OS. The first kappa shape index (κ1) is 28.7. The Morgan fingerprint density at radius 1 is 0.927 bits per heavy atom. The van der Waals surface area contributed by atoms with Gasteiger partial charge in [0, 0.05) is 39.0 Å². The lowest BCUT2D eigenvalue weighted by atomic mass is 9.89. The molecule has 0 radical (unpaired) electrons. The molecule has 1 fully saturated rings. The summed E-state index contributed by atoms with van der Waals surface area (Å²) in [4.78, 5) is 18.1. The van der Waals surface area contributed by atoms with E-state index >= 15 is 0 Å². The standard InChI is InChI=1S/C33H30F3N3OS/c1-20-21(2)32(41-30(20)19-38-39-37)28-14-11-26(18-29(28)23-9-12-27(34)13-10-23)22-5-7-25(8-6-22)31(40)24-4-3-16-33(35,36)17-15-24/h5-14,18,24H,3-4,15-17,19H2,1-2H3. The van der Waals surface area contributed by atoms with Crippen LogP contribution in [0.5, 0.6) is 0 Å². The Balaban J connectivity index is 1.49. The third-order valence-electron chi connectivity index (χ3n) is 8.07. The number of ketones is 1. The van der Waals surface area contributed by atoms with E-state index in [0.29, 0.717) is 18.4 Å². The van der Waals surface area contributed by atoms with Crippen LogP contribution in [0.4, 0.5) is 13.2 Å². The monoisotopic (exact) mass is 573 g/mol. The molecule has 1 heterocycles. The van der Waals surface area contributed by atoms with Gasteiger partial charge >= 0.3 is 0 Å². The number of azide groups is 1. The number of halogens is 3. The minimum absolute atomic E-state index is 0.0725. The molecule has 0 N–H and O–H groups in total. The lowest BCUT2D eigenvalue weighted by Crippen LogP contribution is -2.16. The number of nitrogens with zero attached hydrogens (tertiary/aromatic N) is 3. The van der Waals surface area contributed by atoms with Gasteiger partial charge in [0.05, 0.1) is 6.54 Å². The molecule has 0 aliphatic heterocycles. The normalized spacial score (nSPS) is 16.6. The van der Waals surface area contributed by atoms with Gasteiger partial charge in [0.2, 0.25) is 5.92 Å². The summed E-state index contributed by atoms with van der Waals surface area (Å²) in [6.07, 6.45) is 0.668. The summed E-state index contributed by atoms with van der Waals surface area (Å²) in [6, 6.07) is 19.9. The molecule has 0 spiro atoms. The molecule has 1 unspecified atom stereocenters. The van der Waals surface area contributed by atoms with Crippen LogP contribution in [0, 0.1) is 25.6 Å². The van der Waals surface area contributed by atoms with Gasteiger partial charge in [-0.2, -0.15) is 0 Å². The molecule has 210 valence electrons. The molecule has 0 amide bonds. The average molecular weight is 574 g/mol. The summed E-state index contributed by atoms with van der Waals surface area (Å²) in [6.45, 7) is 4.35. The fraction of sp³-hybridized carbons (Fsp3) is 0.303. The highest BCUT2D eigenvalue weighted by Gasteiger charge is 2.34. The predicted octanol–water partition coefficient (Wildman–Crippen LogP) is 10.7. The van der Waals surface area contributed by atoms with E-state index in [1.165, 1.54) is 12.1 Å². The van der Waals surface area contributed by atoms with Crippen molar-refractivity contribution in [2.75, 3.05) is 0 Å². The Morgan fingerprint density at radius 3 is 2.32 bits per heavy atom. The van der Waals surface area contributed by atoms with Crippen LogP contribution < -0.4 is 0 Å². The van der Waals surface area contributed by atoms with E-state index in [1.807, 2.05) is 32.0 Å². The number of hydrogen-bond donors (Lipinski definition) is 0. The second kappa shape index (κ2) is 11.9. The minimum Gasteiger partial charge on any atom is -0.294 e. The second-order valence-electron chi connectivity index (χ2n) is 10.7. The van der Waals surface area contributed by atoms with E-state index in [2.05, 4.69) is 22.2 Å². The molecule has 0 saturated heterocycles. The summed E-state index contributed by atoms with van der Waals surface area (Å²) < 4.78 is 41.4. The van der Waals surface area contributed by atoms with Crippen LogP contribution in [0.15, 0.2) is 71.8 Å². The third kappa shape index (κ3) is 6.24. The average Bonchev–Trinajstić information content (AvgIpc) is 3.12. The van der Waals surface area contributed by atoms with Crippen molar-refractivity contribution < 1.29 is 18.0 Å². The van der Waals surface area contributed by atoms with Crippen LogP contribution in [0.25, 0.3) is 43.1 Å². The molecule has 1 aromatic heterocycles. The van der Waals surface area contributed by atoms with Crippen LogP contribution in [-0.4, -0.2) is 11.7 Å². The quantitative estimate of drug-likeness (QED) is 0.0713. The summed E-state index contributed by atoms with van der Waals surface area (Å²) in [5.41, 5.74) is 16.2. The Bertz CT molecular complexity index is 1620. The Morgan fingerprint density at radius 2 is 1.61 bits per heavy atom. The molecule has 41 heavy (non-hydrogen) atoms. The van der Waals surface area contributed by atoms with E-state index in [0.717, 1.165) is 48.7 Å². The zero-order valence-electron chi connectivity index (χ0n) is 23.0. The maximum atomic E-state index is 13.8. The van der Waals surface area contributed by atoms with E-state index in [-0.39, 0.29) is 43.3 Å². The molecule has 5 rings (SSSR count). The van der Waals surface area contributed by atoms with E-state index in [9.17, 15) is 18.0 Å². The fourth-order valence-corrected chi connectivity index (χ4v) is 6.81. The van der Waals surface area contributed by atoms with Crippen LogP contribution in [0.3, 0.4) is 0 Å². The van der Waals surface area contributed by atoms with Gasteiger partial charge in [0.1, 0.15) is 5.82 Å². The topological polar surface area (TPSA) is 65.8 Å². The number of alkyl halides is 2. The highest BCUT2D eigenvalue weighted by Crippen LogP contribution is 2.43. The van der Waals surface area contributed by atoms with Crippen molar-refractivity contribution in [3.05, 3.63) is 105 Å². The molecule has 1 atom stereocenters. The summed E-state index contributed by atoms with van der Waals surface area (Å²) in [5, 5.41) is 3.75. The Kier molecular flexibility index (Phi) is 8.34. The highest BCUT2D eigenvalue weighted by atomic mass is 32.1. The maximum Gasteiger partial charge on any atom is 0.248 e. The van der Waals surface area contributed by atoms with Gasteiger partial charge in [-0.15, -0.1) is 11.3 Å². The lowest BCUT2D eigenvalue weighted by Gasteiger charge is -2.15. The number of rotatable bonds is 7. The maximum absolute atomic E-state index is 13.8. The lowest BCUT2D eigenvalue weighted by molar-refractivity contribution is -0.0145. The molecule has 1 aliphatic carbocycles. The molecule has 8 heteroatoms. The predicted molar refractivity (Wildman–Crippen MR) is 159 cm³/mol. The zero-order valence-corrected chi connectivity index (χ0v) is 23.8. The fourth-order valence-electron chi connectivity index (χ4n) is 5.54. The molecule has 1 saturated carbocycles. The van der Waals surface area contributed by atoms with Gasteiger partial charge in [-0.25, -0.2) is 13.2 Å². The van der Waals surface area contributed by atoms with Crippen LogP contribution >= 0.6 is 11.3 Å². The highest BCUT2D eigenvalue weighted by molar-refractivity contribution is 7.16. The number of carbonyl (C=O) groups excluding carboxylic acids is 1. The summed E-state index contributed by atoms with van der Waals surface area (Å²) in [7, 11) is 0. The molecule has 1 aliphatic rings. The van der Waals surface area contributed by atoms with Crippen LogP contribution in [0.2, 0.25) is 0 Å². The SMILES string of the molecule is Cc1c(CN=[N+]=[N-])sc(-c2ccc(-c3ccc(C(=O)C4CCCC(F)(F)CC4)cc3)cc2-c2ccc(F)cc2)c1C. The van der Waals surface area contributed by atoms with Crippen molar-refractivity contribution in [3.63, 3.8) is 0 Å². The van der Waals surface area contributed by atoms with Crippen molar-refractivity contribution in [2.45, 2.75) is 58.4 Å². The number of benzene rings is 3. The smallest absolute Gasteiger partial charge is 0.248 e. The molecule has 0 bridgehead atoms. The first-order chi connectivity index (χ1) is 19.7. The first-order valence-electron chi connectivity index (χ1n) is 13.7. The van der Waals surface area contributed by atoms with E-state index < -0.39 is 5.92 Å². The van der Waals surface area contributed by atoms with Crippen molar-refractivity contribution in [1.82, 2.24) is 0 Å². The number of thiophene rings is 1. The van der Waals surface area contributed by atoms with Gasteiger partial charge in [0.15, 0.2) is 5.78 Å². The van der Waals surface area contributed by atoms with Gasteiger partial charge in [-0.05, 0) is 95.8 Å².